The lowest BCUT2D eigenvalue weighted by molar-refractivity contribution is -0.190. The quantitative estimate of drug-likeness (QED) is 0.589. The number of rotatable bonds is 2. The first-order chi connectivity index (χ1) is 4.70. The number of likely N-dealkylation sites (tertiary alicyclic amines) is 1. The highest BCUT2D eigenvalue weighted by Gasteiger charge is 2.24. The first-order valence-electron chi connectivity index (χ1n) is 3.34. The molecule has 1 unspecified atom stereocenters. The fourth-order valence-electron chi connectivity index (χ4n) is 1.17. The van der Waals surface area contributed by atoms with Crippen molar-refractivity contribution in [3.63, 3.8) is 0 Å². The molecule has 60 valence electrons. The van der Waals surface area contributed by atoms with E-state index >= 15 is 0 Å². The molecule has 0 aromatic carbocycles. The molecular formula is C6H11F2NO. The summed E-state index contributed by atoms with van der Waals surface area (Å²) in [5.74, 6) is 0. The number of halogens is 2. The Morgan fingerprint density at radius 2 is 2.30 bits per heavy atom. The smallest absolute Gasteiger partial charge is 0.304 e. The van der Waals surface area contributed by atoms with Crippen molar-refractivity contribution < 1.29 is 13.5 Å². The predicted molar refractivity (Wildman–Crippen MR) is 32.7 cm³/mol. The second kappa shape index (κ2) is 3.25. The van der Waals surface area contributed by atoms with Gasteiger partial charge in [0.2, 0.25) is 0 Å². The highest BCUT2D eigenvalue weighted by molar-refractivity contribution is 4.67. The minimum atomic E-state index is -2.63. The zero-order chi connectivity index (χ0) is 7.56. The topological polar surface area (TPSA) is 12.5 Å². The maximum Gasteiger partial charge on any atom is 0.346 e. The van der Waals surface area contributed by atoms with Crippen LogP contribution in [0.4, 0.5) is 8.78 Å². The lowest BCUT2D eigenvalue weighted by Gasteiger charge is -2.18. The van der Waals surface area contributed by atoms with Gasteiger partial charge in [-0.1, -0.05) is 0 Å². The molecule has 2 nitrogen and oxygen atoms in total. The van der Waals surface area contributed by atoms with Crippen LogP contribution in [-0.2, 0) is 4.74 Å². The van der Waals surface area contributed by atoms with Crippen LogP contribution in [0.3, 0.4) is 0 Å². The van der Waals surface area contributed by atoms with Crippen LogP contribution in [0, 0.1) is 0 Å². The highest BCUT2D eigenvalue weighted by Crippen LogP contribution is 2.17. The fraction of sp³-hybridized carbons (Fsp3) is 1.00. The van der Waals surface area contributed by atoms with Crippen LogP contribution in [0.15, 0.2) is 0 Å². The number of ether oxygens (including phenoxy) is 1. The van der Waals surface area contributed by atoms with Crippen LogP contribution < -0.4 is 0 Å². The molecule has 0 N–H and O–H groups in total. The third kappa shape index (κ3) is 1.88. The molecule has 0 aromatic rings. The second-order valence-electron chi connectivity index (χ2n) is 2.47. The Kier molecular flexibility index (Phi) is 2.56. The fourth-order valence-corrected chi connectivity index (χ4v) is 1.17. The summed E-state index contributed by atoms with van der Waals surface area (Å²) in [5.41, 5.74) is 0. The number of hydrogen-bond acceptors (Lipinski definition) is 2. The Morgan fingerprint density at radius 3 is 2.70 bits per heavy atom. The van der Waals surface area contributed by atoms with Crippen molar-refractivity contribution in [1.82, 2.24) is 4.90 Å². The Morgan fingerprint density at radius 1 is 1.60 bits per heavy atom. The molecule has 1 rings (SSSR count). The molecule has 0 aromatic heterocycles. The van der Waals surface area contributed by atoms with Crippen molar-refractivity contribution in [3.05, 3.63) is 0 Å². The van der Waals surface area contributed by atoms with Gasteiger partial charge in [0.25, 0.3) is 0 Å². The van der Waals surface area contributed by atoms with Gasteiger partial charge in [-0.2, -0.15) is 8.78 Å². The van der Waals surface area contributed by atoms with Crippen LogP contribution in [0.5, 0.6) is 0 Å². The number of alkyl halides is 2. The maximum absolute atomic E-state index is 11.6. The van der Waals surface area contributed by atoms with Crippen molar-refractivity contribution >= 4 is 0 Å². The van der Waals surface area contributed by atoms with Gasteiger partial charge in [0.1, 0.15) is 6.23 Å². The molecule has 1 aliphatic rings. The molecule has 4 heteroatoms. The van der Waals surface area contributed by atoms with Crippen molar-refractivity contribution in [2.24, 2.45) is 0 Å². The first-order valence-corrected chi connectivity index (χ1v) is 3.34. The van der Waals surface area contributed by atoms with E-state index in [9.17, 15) is 8.78 Å². The van der Waals surface area contributed by atoms with E-state index in [1.807, 2.05) is 0 Å². The number of nitrogens with zero attached hydrogens (tertiary/aromatic N) is 1. The minimum Gasteiger partial charge on any atom is -0.304 e. The van der Waals surface area contributed by atoms with Gasteiger partial charge in [-0.05, 0) is 19.9 Å². The summed E-state index contributed by atoms with van der Waals surface area (Å²) in [6, 6.07) is 0. The van der Waals surface area contributed by atoms with Gasteiger partial charge in [0.05, 0.1) is 0 Å². The van der Waals surface area contributed by atoms with Crippen LogP contribution in [0.25, 0.3) is 0 Å². The van der Waals surface area contributed by atoms with Crippen LogP contribution in [0.1, 0.15) is 12.8 Å². The van der Waals surface area contributed by atoms with Gasteiger partial charge in [0, 0.05) is 6.54 Å². The summed E-state index contributed by atoms with van der Waals surface area (Å²) >= 11 is 0. The Bertz CT molecular complexity index is 110. The van der Waals surface area contributed by atoms with E-state index in [1.54, 1.807) is 11.9 Å². The van der Waals surface area contributed by atoms with Gasteiger partial charge in [-0.3, -0.25) is 4.90 Å². The van der Waals surface area contributed by atoms with Gasteiger partial charge in [-0.25, -0.2) is 0 Å². The molecule has 1 heterocycles. The van der Waals surface area contributed by atoms with Crippen molar-refractivity contribution in [2.45, 2.75) is 25.7 Å². The molecule has 1 saturated heterocycles. The normalized spacial score (nSPS) is 28.2. The molecule has 0 spiro atoms. The van der Waals surface area contributed by atoms with Gasteiger partial charge >= 0.3 is 6.61 Å². The van der Waals surface area contributed by atoms with E-state index in [-0.39, 0.29) is 6.23 Å². The zero-order valence-corrected chi connectivity index (χ0v) is 5.89. The second-order valence-corrected chi connectivity index (χ2v) is 2.47. The Labute approximate surface area is 58.8 Å². The average molecular weight is 151 g/mol. The molecule has 1 atom stereocenters. The average Bonchev–Trinajstić information content (AvgIpc) is 2.15. The van der Waals surface area contributed by atoms with E-state index in [0.29, 0.717) is 0 Å². The zero-order valence-electron chi connectivity index (χ0n) is 5.89. The van der Waals surface area contributed by atoms with Crippen LogP contribution in [-0.4, -0.2) is 31.3 Å². The molecule has 0 amide bonds. The third-order valence-electron chi connectivity index (χ3n) is 1.71. The summed E-state index contributed by atoms with van der Waals surface area (Å²) in [6.07, 6.45) is 1.31. The highest BCUT2D eigenvalue weighted by atomic mass is 19.3. The van der Waals surface area contributed by atoms with Crippen LogP contribution >= 0.6 is 0 Å². The summed E-state index contributed by atoms with van der Waals surface area (Å²) in [6.45, 7) is -1.78. The number of hydrogen-bond donors (Lipinski definition) is 0. The van der Waals surface area contributed by atoms with Crippen molar-refractivity contribution in [2.75, 3.05) is 13.6 Å². The largest absolute Gasteiger partial charge is 0.346 e. The molecule has 0 bridgehead atoms. The van der Waals surface area contributed by atoms with Crippen LogP contribution in [0.2, 0.25) is 0 Å². The van der Waals surface area contributed by atoms with E-state index in [0.717, 1.165) is 19.4 Å². The first kappa shape index (κ1) is 7.88. The lowest BCUT2D eigenvalue weighted by Crippen LogP contribution is -2.29. The van der Waals surface area contributed by atoms with Gasteiger partial charge < -0.3 is 4.74 Å². The molecule has 10 heavy (non-hydrogen) atoms. The maximum atomic E-state index is 11.6. The molecule has 1 aliphatic heterocycles. The summed E-state index contributed by atoms with van der Waals surface area (Å²) < 4.78 is 27.5. The lowest BCUT2D eigenvalue weighted by atomic mass is 10.4. The van der Waals surface area contributed by atoms with E-state index in [1.165, 1.54) is 0 Å². The standard InChI is InChI=1S/C6H11F2NO/c1-9-4-2-3-5(9)10-6(7)8/h5-6H,2-4H2,1H3. The molecule has 0 radical (unpaired) electrons. The summed E-state index contributed by atoms with van der Waals surface area (Å²) in [5, 5.41) is 0. The molecule has 0 aliphatic carbocycles. The van der Waals surface area contributed by atoms with Crippen molar-refractivity contribution in [3.8, 4) is 0 Å². The van der Waals surface area contributed by atoms with Gasteiger partial charge in [0.15, 0.2) is 0 Å². The monoisotopic (exact) mass is 151 g/mol. The van der Waals surface area contributed by atoms with E-state index < -0.39 is 6.61 Å². The summed E-state index contributed by atoms with van der Waals surface area (Å²) in [4.78, 5) is 1.80. The Hall–Kier alpha value is -0.220. The molecule has 1 fully saturated rings. The minimum absolute atomic E-state index is 0.361. The predicted octanol–water partition coefficient (Wildman–Crippen LogP) is 1.28. The van der Waals surface area contributed by atoms with E-state index in [4.69, 9.17) is 0 Å². The SMILES string of the molecule is CN1CCCC1OC(F)F. The molecular weight excluding hydrogens is 140 g/mol. The van der Waals surface area contributed by atoms with E-state index in [2.05, 4.69) is 4.74 Å². The summed E-state index contributed by atoms with van der Waals surface area (Å²) in [7, 11) is 1.79. The molecule has 0 saturated carbocycles. The Balaban J connectivity index is 2.26. The van der Waals surface area contributed by atoms with Gasteiger partial charge in [-0.15, -0.1) is 0 Å². The third-order valence-corrected chi connectivity index (χ3v) is 1.71. The van der Waals surface area contributed by atoms with Crippen molar-refractivity contribution in [1.29, 1.82) is 0 Å².